The van der Waals surface area contributed by atoms with Crippen molar-refractivity contribution in [2.75, 3.05) is 26.9 Å². The van der Waals surface area contributed by atoms with Crippen molar-refractivity contribution in [3.63, 3.8) is 0 Å². The summed E-state index contributed by atoms with van der Waals surface area (Å²) in [6.07, 6.45) is 1.52. The van der Waals surface area contributed by atoms with Crippen molar-refractivity contribution in [1.82, 2.24) is 5.43 Å². The number of nitrogens with zero attached hydrogens (tertiary/aromatic N) is 1. The number of hydrazone groups is 1. The fourth-order valence-corrected chi connectivity index (χ4v) is 2.24. The van der Waals surface area contributed by atoms with E-state index in [1.165, 1.54) is 6.21 Å². The van der Waals surface area contributed by atoms with Crippen LogP contribution >= 0.6 is 0 Å². The van der Waals surface area contributed by atoms with Crippen molar-refractivity contribution in [2.45, 2.75) is 13.8 Å². The zero-order valence-electron chi connectivity index (χ0n) is 15.7. The van der Waals surface area contributed by atoms with Gasteiger partial charge >= 0.3 is 0 Å². The van der Waals surface area contributed by atoms with Crippen molar-refractivity contribution in [3.05, 3.63) is 48.0 Å². The summed E-state index contributed by atoms with van der Waals surface area (Å²) in [6, 6.07) is 12.6. The minimum atomic E-state index is -0.379. The maximum Gasteiger partial charge on any atom is 0.277 e. The molecule has 0 saturated heterocycles. The molecule has 2 rings (SSSR count). The maximum atomic E-state index is 11.9. The van der Waals surface area contributed by atoms with Gasteiger partial charge in [0.15, 0.2) is 29.6 Å². The molecule has 0 spiro atoms. The second kappa shape index (κ2) is 10.7. The predicted octanol–water partition coefficient (Wildman–Crippen LogP) is 3.02. The number of methoxy groups -OCH3 is 1. The van der Waals surface area contributed by atoms with Crippen LogP contribution in [0.2, 0.25) is 0 Å². The number of hydrogen-bond acceptors (Lipinski definition) is 6. The highest BCUT2D eigenvalue weighted by Gasteiger charge is 2.07. The standard InChI is InChI=1S/C20H24N2O5/c1-4-25-17-8-6-7-9-18(17)27-14-20(23)22-21-13-15-10-11-16(24-3)19(12-15)26-5-2/h6-13H,4-5,14H2,1-3H3,(H,22,23)/b21-13-. The molecule has 0 unspecified atom stereocenters. The third-order valence-corrected chi connectivity index (χ3v) is 3.40. The molecule has 7 nitrogen and oxygen atoms in total. The van der Waals surface area contributed by atoms with Gasteiger partial charge in [-0.2, -0.15) is 5.10 Å². The van der Waals surface area contributed by atoms with Crippen LogP contribution in [-0.4, -0.2) is 39.1 Å². The highest BCUT2D eigenvalue weighted by atomic mass is 16.5. The first-order valence-corrected chi connectivity index (χ1v) is 8.65. The van der Waals surface area contributed by atoms with E-state index in [0.29, 0.717) is 36.2 Å². The summed E-state index contributed by atoms with van der Waals surface area (Å²) in [5.74, 6) is 1.98. The Morgan fingerprint density at radius 1 is 0.963 bits per heavy atom. The van der Waals surface area contributed by atoms with Gasteiger partial charge in [0.2, 0.25) is 0 Å². The SMILES string of the molecule is CCOc1cc(/C=N\NC(=O)COc2ccccc2OCC)ccc1OC. The fraction of sp³-hybridized carbons (Fsp3) is 0.300. The molecule has 0 aliphatic heterocycles. The van der Waals surface area contributed by atoms with Crippen LogP contribution in [0, 0.1) is 0 Å². The van der Waals surface area contributed by atoms with E-state index < -0.39 is 0 Å². The first-order chi connectivity index (χ1) is 13.2. The normalized spacial score (nSPS) is 10.5. The molecular weight excluding hydrogens is 348 g/mol. The van der Waals surface area contributed by atoms with Crippen LogP contribution in [0.25, 0.3) is 0 Å². The molecular formula is C20H24N2O5. The number of amides is 1. The lowest BCUT2D eigenvalue weighted by atomic mass is 10.2. The third kappa shape index (κ3) is 6.22. The number of para-hydroxylation sites is 2. The molecule has 0 aromatic heterocycles. The van der Waals surface area contributed by atoms with Gasteiger partial charge < -0.3 is 18.9 Å². The Labute approximate surface area is 158 Å². The maximum absolute atomic E-state index is 11.9. The Balaban J connectivity index is 1.89. The van der Waals surface area contributed by atoms with Crippen LogP contribution in [0.3, 0.4) is 0 Å². The molecule has 144 valence electrons. The number of ether oxygens (including phenoxy) is 4. The Morgan fingerprint density at radius 2 is 1.63 bits per heavy atom. The van der Waals surface area contributed by atoms with Crippen molar-refractivity contribution in [1.29, 1.82) is 0 Å². The summed E-state index contributed by atoms with van der Waals surface area (Å²) in [6.45, 7) is 4.64. The quantitative estimate of drug-likeness (QED) is 0.512. The number of carbonyl (C=O) groups is 1. The molecule has 2 aromatic carbocycles. The molecule has 0 radical (unpaired) electrons. The van der Waals surface area contributed by atoms with Crippen LogP contribution in [0.5, 0.6) is 23.0 Å². The summed E-state index contributed by atoms with van der Waals surface area (Å²) in [5.41, 5.74) is 3.19. The van der Waals surface area contributed by atoms with Gasteiger partial charge in [-0.15, -0.1) is 0 Å². The molecule has 0 heterocycles. The number of nitrogens with one attached hydrogen (secondary N) is 1. The summed E-state index contributed by atoms with van der Waals surface area (Å²) < 4.78 is 21.7. The number of carbonyl (C=O) groups excluding carboxylic acids is 1. The first-order valence-electron chi connectivity index (χ1n) is 8.65. The second-order valence-corrected chi connectivity index (χ2v) is 5.30. The Kier molecular flexibility index (Phi) is 7.96. The van der Waals surface area contributed by atoms with Crippen molar-refractivity contribution < 1.29 is 23.7 Å². The van der Waals surface area contributed by atoms with Crippen molar-refractivity contribution >= 4 is 12.1 Å². The lowest BCUT2D eigenvalue weighted by molar-refractivity contribution is -0.123. The number of rotatable bonds is 10. The fourth-order valence-electron chi connectivity index (χ4n) is 2.24. The highest BCUT2D eigenvalue weighted by Crippen LogP contribution is 2.27. The summed E-state index contributed by atoms with van der Waals surface area (Å²) >= 11 is 0. The van der Waals surface area contributed by atoms with Gasteiger partial charge in [0, 0.05) is 0 Å². The molecule has 0 aliphatic carbocycles. The van der Waals surface area contributed by atoms with E-state index in [9.17, 15) is 4.79 Å². The summed E-state index contributed by atoms with van der Waals surface area (Å²) in [7, 11) is 1.58. The monoisotopic (exact) mass is 372 g/mol. The zero-order valence-corrected chi connectivity index (χ0v) is 15.7. The molecule has 0 saturated carbocycles. The van der Waals surface area contributed by atoms with Crippen LogP contribution in [0.4, 0.5) is 0 Å². The lowest BCUT2D eigenvalue weighted by Gasteiger charge is -2.10. The Morgan fingerprint density at radius 3 is 2.30 bits per heavy atom. The molecule has 27 heavy (non-hydrogen) atoms. The molecule has 1 amide bonds. The van der Waals surface area contributed by atoms with E-state index in [-0.39, 0.29) is 12.5 Å². The predicted molar refractivity (Wildman–Crippen MR) is 103 cm³/mol. The minimum absolute atomic E-state index is 0.172. The van der Waals surface area contributed by atoms with E-state index in [4.69, 9.17) is 18.9 Å². The second-order valence-electron chi connectivity index (χ2n) is 5.30. The Bertz CT molecular complexity index is 777. The van der Waals surface area contributed by atoms with Gasteiger partial charge in [0.25, 0.3) is 5.91 Å². The molecule has 7 heteroatoms. The van der Waals surface area contributed by atoms with E-state index in [0.717, 1.165) is 5.56 Å². The minimum Gasteiger partial charge on any atom is -0.493 e. The largest absolute Gasteiger partial charge is 0.493 e. The van der Waals surface area contributed by atoms with Crippen LogP contribution < -0.4 is 24.4 Å². The van der Waals surface area contributed by atoms with E-state index in [1.54, 1.807) is 31.4 Å². The Hall–Kier alpha value is -3.22. The van der Waals surface area contributed by atoms with Crippen LogP contribution in [0.1, 0.15) is 19.4 Å². The lowest BCUT2D eigenvalue weighted by Crippen LogP contribution is -2.24. The first kappa shape index (κ1) is 20.1. The molecule has 2 aromatic rings. The van der Waals surface area contributed by atoms with Gasteiger partial charge in [-0.25, -0.2) is 5.43 Å². The number of hydrogen-bond donors (Lipinski definition) is 1. The topological polar surface area (TPSA) is 78.4 Å². The van der Waals surface area contributed by atoms with E-state index in [1.807, 2.05) is 32.0 Å². The van der Waals surface area contributed by atoms with Gasteiger partial charge in [-0.3, -0.25) is 4.79 Å². The van der Waals surface area contributed by atoms with Crippen LogP contribution in [-0.2, 0) is 4.79 Å². The van der Waals surface area contributed by atoms with Gasteiger partial charge in [0.05, 0.1) is 26.5 Å². The van der Waals surface area contributed by atoms with Crippen molar-refractivity contribution in [3.8, 4) is 23.0 Å². The molecule has 0 fully saturated rings. The van der Waals surface area contributed by atoms with Gasteiger partial charge in [0.1, 0.15) is 0 Å². The van der Waals surface area contributed by atoms with E-state index >= 15 is 0 Å². The van der Waals surface area contributed by atoms with Crippen molar-refractivity contribution in [2.24, 2.45) is 5.10 Å². The summed E-state index contributed by atoms with van der Waals surface area (Å²) in [5, 5.41) is 3.94. The van der Waals surface area contributed by atoms with E-state index in [2.05, 4.69) is 10.5 Å². The zero-order chi connectivity index (χ0) is 19.5. The molecule has 0 aliphatic rings. The molecule has 0 bridgehead atoms. The smallest absolute Gasteiger partial charge is 0.277 e. The third-order valence-electron chi connectivity index (χ3n) is 3.40. The summed E-state index contributed by atoms with van der Waals surface area (Å²) in [4.78, 5) is 11.9. The molecule has 1 N–H and O–H groups in total. The average Bonchev–Trinajstić information content (AvgIpc) is 2.68. The van der Waals surface area contributed by atoms with Gasteiger partial charge in [-0.1, -0.05) is 12.1 Å². The number of benzene rings is 2. The molecule has 0 atom stereocenters. The highest BCUT2D eigenvalue weighted by molar-refractivity contribution is 5.83. The van der Waals surface area contributed by atoms with Crippen LogP contribution in [0.15, 0.2) is 47.6 Å². The average molecular weight is 372 g/mol. The van der Waals surface area contributed by atoms with Gasteiger partial charge in [-0.05, 0) is 49.7 Å².